The van der Waals surface area contributed by atoms with Gasteiger partial charge >= 0.3 is 0 Å². The molecule has 0 saturated carbocycles. The van der Waals surface area contributed by atoms with Gasteiger partial charge in [-0.05, 0) is 36.7 Å². The van der Waals surface area contributed by atoms with Gasteiger partial charge in [0.15, 0.2) is 12.2 Å². The average molecular weight is 260 g/mol. The number of methoxy groups -OCH3 is 1. The van der Waals surface area contributed by atoms with Gasteiger partial charge in [-0.3, -0.25) is 0 Å². The van der Waals surface area contributed by atoms with Gasteiger partial charge in [-0.15, -0.1) is 0 Å². The summed E-state index contributed by atoms with van der Waals surface area (Å²) in [7, 11) is 1.66. The maximum atomic E-state index is 5.49. The molecule has 102 valence electrons. The Hall–Kier alpha value is -1.81. The van der Waals surface area contributed by atoms with E-state index >= 15 is 0 Å². The van der Waals surface area contributed by atoms with Crippen molar-refractivity contribution in [2.24, 2.45) is 5.92 Å². The molecule has 4 nitrogen and oxygen atoms in total. The Labute approximate surface area is 113 Å². The first-order valence-electron chi connectivity index (χ1n) is 6.48. The first kappa shape index (κ1) is 13.6. The van der Waals surface area contributed by atoms with E-state index in [0.29, 0.717) is 5.92 Å². The van der Waals surface area contributed by atoms with E-state index < -0.39 is 0 Å². The maximum Gasteiger partial charge on any atom is 0.181 e. The third-order valence-corrected chi connectivity index (χ3v) is 2.84. The lowest BCUT2D eigenvalue weighted by molar-refractivity contribution is 0.415. The predicted molar refractivity (Wildman–Crippen MR) is 75.0 cm³/mol. The van der Waals surface area contributed by atoms with Crippen LogP contribution in [0.3, 0.4) is 0 Å². The Morgan fingerprint density at radius 1 is 1.26 bits per heavy atom. The zero-order valence-corrected chi connectivity index (χ0v) is 11.6. The van der Waals surface area contributed by atoms with Crippen molar-refractivity contribution in [3.8, 4) is 17.1 Å². The van der Waals surface area contributed by atoms with Crippen molar-refractivity contribution in [1.82, 2.24) is 10.3 Å². The van der Waals surface area contributed by atoms with Gasteiger partial charge in [0, 0.05) is 12.1 Å². The van der Waals surface area contributed by atoms with Gasteiger partial charge in [0.2, 0.25) is 0 Å². The predicted octanol–water partition coefficient (Wildman–Crippen LogP) is 3.10. The Morgan fingerprint density at radius 3 is 2.63 bits per heavy atom. The number of rotatable bonds is 6. The molecule has 0 saturated heterocycles. The fourth-order valence-electron chi connectivity index (χ4n) is 1.85. The van der Waals surface area contributed by atoms with Crippen LogP contribution >= 0.6 is 0 Å². The molecule has 0 aliphatic carbocycles. The van der Waals surface area contributed by atoms with E-state index in [0.717, 1.165) is 35.9 Å². The molecular weight excluding hydrogens is 240 g/mol. The normalized spacial score (nSPS) is 10.9. The second-order valence-corrected chi connectivity index (χ2v) is 4.88. The van der Waals surface area contributed by atoms with Crippen molar-refractivity contribution >= 4 is 0 Å². The highest BCUT2D eigenvalue weighted by molar-refractivity contribution is 5.60. The van der Waals surface area contributed by atoms with Crippen LogP contribution < -0.4 is 10.1 Å². The molecule has 0 bridgehead atoms. The molecule has 1 heterocycles. The van der Waals surface area contributed by atoms with E-state index in [1.54, 1.807) is 7.11 Å². The average Bonchev–Trinajstić information content (AvgIpc) is 2.87. The summed E-state index contributed by atoms with van der Waals surface area (Å²) in [6, 6.07) is 7.79. The van der Waals surface area contributed by atoms with Crippen LogP contribution in [0.2, 0.25) is 0 Å². The molecule has 0 atom stereocenters. The molecule has 0 spiro atoms. The van der Waals surface area contributed by atoms with E-state index in [-0.39, 0.29) is 0 Å². The molecule has 0 radical (unpaired) electrons. The highest BCUT2D eigenvalue weighted by atomic mass is 16.5. The van der Waals surface area contributed by atoms with Crippen LogP contribution in [-0.4, -0.2) is 18.6 Å². The van der Waals surface area contributed by atoms with Crippen molar-refractivity contribution < 1.29 is 9.15 Å². The number of ether oxygens (including phenoxy) is 1. The second-order valence-electron chi connectivity index (χ2n) is 4.88. The Bertz CT molecular complexity index is 503. The van der Waals surface area contributed by atoms with E-state index in [4.69, 9.17) is 9.15 Å². The topological polar surface area (TPSA) is 47.3 Å². The summed E-state index contributed by atoms with van der Waals surface area (Å²) < 4.78 is 10.6. The number of benzene rings is 1. The molecule has 0 amide bonds. The Balaban J connectivity index is 2.09. The fraction of sp³-hybridized carbons (Fsp3) is 0.400. The first-order chi connectivity index (χ1) is 9.20. The van der Waals surface area contributed by atoms with Gasteiger partial charge in [0.1, 0.15) is 11.4 Å². The van der Waals surface area contributed by atoms with Crippen LogP contribution in [0.15, 0.2) is 35.1 Å². The standard InChI is InChI=1S/C15H20N2O2/c1-11(2)8-16-9-14-15(19-10-17-14)12-4-6-13(18-3)7-5-12/h4-7,10-11,16H,8-9H2,1-3H3. The van der Waals surface area contributed by atoms with Gasteiger partial charge in [-0.1, -0.05) is 13.8 Å². The molecule has 0 fully saturated rings. The van der Waals surface area contributed by atoms with Crippen molar-refractivity contribution in [2.45, 2.75) is 20.4 Å². The molecule has 19 heavy (non-hydrogen) atoms. The van der Waals surface area contributed by atoms with E-state index in [9.17, 15) is 0 Å². The van der Waals surface area contributed by atoms with Crippen molar-refractivity contribution in [3.05, 3.63) is 36.4 Å². The zero-order chi connectivity index (χ0) is 13.7. The van der Waals surface area contributed by atoms with Gasteiger partial charge in [-0.2, -0.15) is 0 Å². The third-order valence-electron chi connectivity index (χ3n) is 2.84. The van der Waals surface area contributed by atoms with Crippen LogP contribution in [0.1, 0.15) is 19.5 Å². The largest absolute Gasteiger partial charge is 0.497 e. The molecule has 4 heteroatoms. The fourth-order valence-corrected chi connectivity index (χ4v) is 1.85. The number of nitrogens with zero attached hydrogens (tertiary/aromatic N) is 1. The van der Waals surface area contributed by atoms with E-state index in [2.05, 4.69) is 24.1 Å². The highest BCUT2D eigenvalue weighted by Crippen LogP contribution is 2.25. The molecule has 2 rings (SSSR count). The molecule has 0 unspecified atom stereocenters. The summed E-state index contributed by atoms with van der Waals surface area (Å²) in [5.41, 5.74) is 1.95. The lowest BCUT2D eigenvalue weighted by Crippen LogP contribution is -2.19. The molecule has 2 aromatic rings. The molecule has 1 aromatic carbocycles. The van der Waals surface area contributed by atoms with Crippen LogP contribution in [0.4, 0.5) is 0 Å². The van der Waals surface area contributed by atoms with Crippen LogP contribution in [0.25, 0.3) is 11.3 Å². The summed E-state index contributed by atoms with van der Waals surface area (Å²) in [5.74, 6) is 2.28. The Morgan fingerprint density at radius 2 is 2.00 bits per heavy atom. The van der Waals surface area contributed by atoms with Crippen LogP contribution in [-0.2, 0) is 6.54 Å². The van der Waals surface area contributed by atoms with Gasteiger partial charge < -0.3 is 14.5 Å². The minimum Gasteiger partial charge on any atom is -0.497 e. The number of oxazole rings is 1. The summed E-state index contributed by atoms with van der Waals surface area (Å²) in [6.07, 6.45) is 1.49. The first-order valence-corrected chi connectivity index (χ1v) is 6.48. The molecule has 1 aromatic heterocycles. The smallest absolute Gasteiger partial charge is 0.181 e. The minimum atomic E-state index is 0.622. The zero-order valence-electron chi connectivity index (χ0n) is 11.6. The summed E-state index contributed by atoms with van der Waals surface area (Å²) in [4.78, 5) is 4.27. The van der Waals surface area contributed by atoms with E-state index in [1.165, 1.54) is 6.39 Å². The quantitative estimate of drug-likeness (QED) is 0.867. The number of hydrogen-bond donors (Lipinski definition) is 1. The Kier molecular flexibility index (Phi) is 4.58. The molecule has 0 aliphatic heterocycles. The van der Waals surface area contributed by atoms with Crippen molar-refractivity contribution in [1.29, 1.82) is 0 Å². The highest BCUT2D eigenvalue weighted by Gasteiger charge is 2.10. The summed E-state index contributed by atoms with van der Waals surface area (Å²) in [6.45, 7) is 6.05. The molecule has 1 N–H and O–H groups in total. The summed E-state index contributed by atoms with van der Waals surface area (Å²) in [5, 5.41) is 3.37. The lowest BCUT2D eigenvalue weighted by atomic mass is 10.1. The number of aromatic nitrogens is 1. The lowest BCUT2D eigenvalue weighted by Gasteiger charge is -2.07. The van der Waals surface area contributed by atoms with Crippen molar-refractivity contribution in [3.63, 3.8) is 0 Å². The minimum absolute atomic E-state index is 0.622. The second kappa shape index (κ2) is 6.38. The number of hydrogen-bond acceptors (Lipinski definition) is 4. The van der Waals surface area contributed by atoms with Crippen molar-refractivity contribution in [2.75, 3.05) is 13.7 Å². The van der Waals surface area contributed by atoms with E-state index in [1.807, 2.05) is 24.3 Å². The van der Waals surface area contributed by atoms with Gasteiger partial charge in [0.25, 0.3) is 0 Å². The maximum absolute atomic E-state index is 5.49. The molecular formula is C15H20N2O2. The third kappa shape index (κ3) is 3.58. The number of nitrogens with one attached hydrogen (secondary N) is 1. The van der Waals surface area contributed by atoms with Gasteiger partial charge in [-0.25, -0.2) is 4.98 Å². The summed E-state index contributed by atoms with van der Waals surface area (Å²) >= 11 is 0. The van der Waals surface area contributed by atoms with Gasteiger partial charge in [0.05, 0.1) is 7.11 Å². The molecule has 0 aliphatic rings. The van der Waals surface area contributed by atoms with Crippen LogP contribution in [0, 0.1) is 5.92 Å². The van der Waals surface area contributed by atoms with Crippen LogP contribution in [0.5, 0.6) is 5.75 Å². The SMILES string of the molecule is COc1ccc(-c2ocnc2CNCC(C)C)cc1. The monoisotopic (exact) mass is 260 g/mol.